The SMILES string of the molecule is CN1C(=O)CCC1(C)CN.Cl. The second-order valence-corrected chi connectivity index (χ2v) is 3.15. The normalized spacial score (nSPS) is 30.5. The summed E-state index contributed by atoms with van der Waals surface area (Å²) in [6.07, 6.45) is 1.56. The van der Waals surface area contributed by atoms with Gasteiger partial charge in [-0.1, -0.05) is 0 Å². The second-order valence-electron chi connectivity index (χ2n) is 3.15. The Labute approximate surface area is 73.3 Å². The average molecular weight is 179 g/mol. The Hall–Kier alpha value is -0.280. The Balaban J connectivity index is 0.000001000. The molecular formula is C7H15ClN2O. The molecule has 1 aliphatic heterocycles. The van der Waals surface area contributed by atoms with Gasteiger partial charge in [0.05, 0.1) is 5.54 Å². The summed E-state index contributed by atoms with van der Waals surface area (Å²) in [6, 6.07) is 0. The van der Waals surface area contributed by atoms with Crippen molar-refractivity contribution in [3.05, 3.63) is 0 Å². The standard InChI is InChI=1S/C7H14N2O.ClH/c1-7(5-8)4-3-6(10)9(7)2;/h3-5,8H2,1-2H3;1H. The highest BCUT2D eigenvalue weighted by molar-refractivity contribution is 5.85. The van der Waals surface area contributed by atoms with Crippen molar-refractivity contribution in [2.24, 2.45) is 5.73 Å². The number of amides is 1. The van der Waals surface area contributed by atoms with Crippen LogP contribution in [0.4, 0.5) is 0 Å². The molecule has 1 rings (SSSR count). The number of hydrogen-bond donors (Lipinski definition) is 1. The quantitative estimate of drug-likeness (QED) is 0.631. The van der Waals surface area contributed by atoms with E-state index in [1.165, 1.54) is 0 Å². The number of likely N-dealkylation sites (tertiary alicyclic amines) is 1. The van der Waals surface area contributed by atoms with E-state index in [0.717, 1.165) is 6.42 Å². The van der Waals surface area contributed by atoms with Gasteiger partial charge in [0.25, 0.3) is 0 Å². The van der Waals surface area contributed by atoms with Crippen molar-refractivity contribution >= 4 is 18.3 Å². The lowest BCUT2D eigenvalue weighted by molar-refractivity contribution is -0.129. The van der Waals surface area contributed by atoms with Crippen molar-refractivity contribution < 1.29 is 4.79 Å². The first kappa shape index (κ1) is 10.7. The summed E-state index contributed by atoms with van der Waals surface area (Å²) in [5, 5.41) is 0. The van der Waals surface area contributed by atoms with Gasteiger partial charge in [-0.3, -0.25) is 4.79 Å². The Bertz CT molecular complexity index is 163. The summed E-state index contributed by atoms with van der Waals surface area (Å²) in [7, 11) is 1.82. The maximum absolute atomic E-state index is 11.0. The number of hydrogen-bond acceptors (Lipinski definition) is 2. The minimum Gasteiger partial charge on any atom is -0.339 e. The number of nitrogens with zero attached hydrogens (tertiary/aromatic N) is 1. The van der Waals surface area contributed by atoms with Gasteiger partial charge in [-0.15, -0.1) is 12.4 Å². The van der Waals surface area contributed by atoms with Crippen LogP contribution in [0.25, 0.3) is 0 Å². The van der Waals surface area contributed by atoms with Crippen LogP contribution in [0.5, 0.6) is 0 Å². The van der Waals surface area contributed by atoms with Crippen LogP contribution in [0.15, 0.2) is 0 Å². The van der Waals surface area contributed by atoms with E-state index in [1.54, 1.807) is 4.90 Å². The molecule has 0 spiro atoms. The van der Waals surface area contributed by atoms with Gasteiger partial charge in [-0.05, 0) is 13.3 Å². The third-order valence-electron chi connectivity index (χ3n) is 2.50. The third kappa shape index (κ3) is 1.65. The minimum atomic E-state index is -0.0723. The average Bonchev–Trinajstić information content (AvgIpc) is 2.19. The largest absolute Gasteiger partial charge is 0.339 e. The zero-order valence-corrected chi connectivity index (χ0v) is 7.78. The number of rotatable bonds is 1. The molecule has 0 aliphatic carbocycles. The Kier molecular flexibility index (Phi) is 3.32. The lowest BCUT2D eigenvalue weighted by atomic mass is 10.0. The smallest absolute Gasteiger partial charge is 0.222 e. The summed E-state index contributed by atoms with van der Waals surface area (Å²) in [6.45, 7) is 2.59. The van der Waals surface area contributed by atoms with E-state index in [2.05, 4.69) is 0 Å². The molecule has 0 radical (unpaired) electrons. The van der Waals surface area contributed by atoms with Crippen LogP contribution in [-0.4, -0.2) is 29.9 Å². The number of carbonyl (C=O) groups excluding carboxylic acids is 1. The lowest BCUT2D eigenvalue weighted by Gasteiger charge is -2.30. The van der Waals surface area contributed by atoms with E-state index < -0.39 is 0 Å². The van der Waals surface area contributed by atoms with E-state index in [0.29, 0.717) is 13.0 Å². The van der Waals surface area contributed by atoms with E-state index in [1.807, 2.05) is 14.0 Å². The molecule has 1 saturated heterocycles. The number of likely N-dealkylation sites (N-methyl/N-ethyl adjacent to an activating group) is 1. The molecule has 1 heterocycles. The topological polar surface area (TPSA) is 46.3 Å². The molecule has 0 saturated carbocycles. The third-order valence-corrected chi connectivity index (χ3v) is 2.50. The van der Waals surface area contributed by atoms with E-state index in [4.69, 9.17) is 5.73 Å². The van der Waals surface area contributed by atoms with Crippen molar-refractivity contribution in [2.45, 2.75) is 25.3 Å². The summed E-state index contributed by atoms with van der Waals surface area (Å²) >= 11 is 0. The van der Waals surface area contributed by atoms with Gasteiger partial charge >= 0.3 is 0 Å². The van der Waals surface area contributed by atoms with Crippen molar-refractivity contribution in [3.63, 3.8) is 0 Å². The predicted octanol–water partition coefficient (Wildman–Crippen LogP) is 0.378. The Morgan fingerprint density at radius 1 is 1.73 bits per heavy atom. The van der Waals surface area contributed by atoms with Crippen LogP contribution in [0.1, 0.15) is 19.8 Å². The Morgan fingerprint density at radius 3 is 2.45 bits per heavy atom. The van der Waals surface area contributed by atoms with Crippen LogP contribution < -0.4 is 5.73 Å². The van der Waals surface area contributed by atoms with Gasteiger partial charge in [0.1, 0.15) is 0 Å². The van der Waals surface area contributed by atoms with Crippen LogP contribution in [0.3, 0.4) is 0 Å². The molecule has 4 heteroatoms. The lowest BCUT2D eigenvalue weighted by Crippen LogP contribution is -2.46. The second kappa shape index (κ2) is 3.41. The molecule has 2 N–H and O–H groups in total. The summed E-state index contributed by atoms with van der Waals surface area (Å²) in [5.41, 5.74) is 5.45. The number of carbonyl (C=O) groups is 1. The molecular weight excluding hydrogens is 164 g/mol. The summed E-state index contributed by atoms with van der Waals surface area (Å²) in [4.78, 5) is 12.8. The zero-order chi connectivity index (χ0) is 7.78. The van der Waals surface area contributed by atoms with Gasteiger partial charge < -0.3 is 10.6 Å². The van der Waals surface area contributed by atoms with E-state index in [-0.39, 0.29) is 23.9 Å². The zero-order valence-electron chi connectivity index (χ0n) is 6.96. The molecule has 1 atom stereocenters. The monoisotopic (exact) mass is 178 g/mol. The molecule has 0 aromatic heterocycles. The first-order valence-corrected chi connectivity index (χ1v) is 3.57. The fourth-order valence-electron chi connectivity index (χ4n) is 1.25. The highest BCUT2D eigenvalue weighted by Gasteiger charge is 2.37. The van der Waals surface area contributed by atoms with E-state index in [9.17, 15) is 4.79 Å². The van der Waals surface area contributed by atoms with Crippen LogP contribution in [0, 0.1) is 0 Å². The first-order valence-electron chi connectivity index (χ1n) is 3.57. The van der Waals surface area contributed by atoms with Crippen molar-refractivity contribution in [3.8, 4) is 0 Å². The maximum Gasteiger partial charge on any atom is 0.222 e. The Morgan fingerprint density at radius 2 is 2.27 bits per heavy atom. The number of halogens is 1. The molecule has 66 valence electrons. The molecule has 1 unspecified atom stereocenters. The van der Waals surface area contributed by atoms with Gasteiger partial charge in [-0.25, -0.2) is 0 Å². The highest BCUT2D eigenvalue weighted by atomic mass is 35.5. The predicted molar refractivity (Wildman–Crippen MR) is 46.7 cm³/mol. The van der Waals surface area contributed by atoms with Gasteiger partial charge in [0.15, 0.2) is 0 Å². The van der Waals surface area contributed by atoms with Crippen LogP contribution in [-0.2, 0) is 4.79 Å². The molecule has 0 aromatic rings. The van der Waals surface area contributed by atoms with E-state index >= 15 is 0 Å². The van der Waals surface area contributed by atoms with Gasteiger partial charge in [0.2, 0.25) is 5.91 Å². The van der Waals surface area contributed by atoms with Crippen LogP contribution in [0.2, 0.25) is 0 Å². The fraction of sp³-hybridized carbons (Fsp3) is 0.857. The van der Waals surface area contributed by atoms with Gasteiger partial charge in [0, 0.05) is 20.0 Å². The molecule has 3 nitrogen and oxygen atoms in total. The molecule has 1 fully saturated rings. The van der Waals surface area contributed by atoms with Crippen molar-refractivity contribution in [1.82, 2.24) is 4.90 Å². The maximum atomic E-state index is 11.0. The molecule has 11 heavy (non-hydrogen) atoms. The number of nitrogens with two attached hydrogens (primary N) is 1. The highest BCUT2D eigenvalue weighted by Crippen LogP contribution is 2.26. The van der Waals surface area contributed by atoms with Crippen molar-refractivity contribution in [1.29, 1.82) is 0 Å². The molecule has 0 aromatic carbocycles. The fourth-order valence-corrected chi connectivity index (χ4v) is 1.25. The van der Waals surface area contributed by atoms with Crippen molar-refractivity contribution in [2.75, 3.05) is 13.6 Å². The van der Waals surface area contributed by atoms with Gasteiger partial charge in [-0.2, -0.15) is 0 Å². The van der Waals surface area contributed by atoms with Crippen LogP contribution >= 0.6 is 12.4 Å². The summed E-state index contributed by atoms with van der Waals surface area (Å²) in [5.74, 6) is 0.216. The first-order chi connectivity index (χ1) is 4.60. The minimum absolute atomic E-state index is 0. The molecule has 0 bridgehead atoms. The molecule has 1 amide bonds. The molecule has 1 aliphatic rings. The summed E-state index contributed by atoms with van der Waals surface area (Å²) < 4.78 is 0.